The Morgan fingerprint density at radius 1 is 1.17 bits per heavy atom. The third-order valence-electron chi connectivity index (χ3n) is 4.55. The summed E-state index contributed by atoms with van der Waals surface area (Å²) in [6, 6.07) is 13.6. The van der Waals surface area contributed by atoms with Crippen molar-refractivity contribution in [3.63, 3.8) is 0 Å². The highest BCUT2D eigenvalue weighted by atomic mass is 32.2. The molecule has 4 rings (SSSR count). The van der Waals surface area contributed by atoms with Crippen LogP contribution in [0, 0.1) is 13.8 Å². The monoisotopic (exact) mass is 436 g/mol. The SMILES string of the molecule is Cc1noc(C)c1CSc1ncccc1C(=O)NCc1csc(-c2ccccc2)n1. The second-order valence-corrected chi connectivity index (χ2v) is 8.46. The molecule has 0 atom stereocenters. The first-order chi connectivity index (χ1) is 14.6. The Labute approximate surface area is 182 Å². The molecular weight excluding hydrogens is 416 g/mol. The highest BCUT2D eigenvalue weighted by Crippen LogP contribution is 2.27. The predicted octanol–water partition coefficient (Wildman–Crippen LogP) is 5.03. The Bertz CT molecular complexity index is 1140. The molecule has 0 fully saturated rings. The van der Waals surface area contributed by atoms with Gasteiger partial charge in [-0.05, 0) is 26.0 Å². The van der Waals surface area contributed by atoms with Gasteiger partial charge in [-0.1, -0.05) is 35.5 Å². The molecule has 3 heterocycles. The van der Waals surface area contributed by atoms with Crippen molar-refractivity contribution in [3.05, 3.63) is 82.3 Å². The van der Waals surface area contributed by atoms with Gasteiger partial charge in [-0.25, -0.2) is 9.97 Å². The molecular formula is C22H20N4O2S2. The Kier molecular flexibility index (Phi) is 6.25. The van der Waals surface area contributed by atoms with Crippen molar-refractivity contribution in [2.75, 3.05) is 0 Å². The molecule has 152 valence electrons. The zero-order valence-corrected chi connectivity index (χ0v) is 18.2. The van der Waals surface area contributed by atoms with Gasteiger partial charge in [0, 0.05) is 28.5 Å². The number of nitrogens with zero attached hydrogens (tertiary/aromatic N) is 3. The van der Waals surface area contributed by atoms with Crippen molar-refractivity contribution in [2.45, 2.75) is 31.2 Å². The molecule has 4 aromatic rings. The molecule has 0 radical (unpaired) electrons. The maximum absolute atomic E-state index is 12.8. The molecule has 0 aliphatic heterocycles. The third-order valence-corrected chi connectivity index (χ3v) is 6.52. The quantitative estimate of drug-likeness (QED) is 0.409. The molecule has 0 saturated carbocycles. The molecule has 0 unspecified atom stereocenters. The summed E-state index contributed by atoms with van der Waals surface area (Å²) in [5, 5.41) is 10.5. The maximum atomic E-state index is 12.8. The largest absolute Gasteiger partial charge is 0.361 e. The summed E-state index contributed by atoms with van der Waals surface area (Å²) in [5.41, 5.74) is 4.35. The summed E-state index contributed by atoms with van der Waals surface area (Å²) in [6.07, 6.45) is 1.69. The zero-order chi connectivity index (χ0) is 20.9. The van der Waals surface area contributed by atoms with E-state index in [1.165, 1.54) is 11.8 Å². The highest BCUT2D eigenvalue weighted by molar-refractivity contribution is 7.98. The van der Waals surface area contributed by atoms with Crippen molar-refractivity contribution in [1.82, 2.24) is 20.4 Å². The highest BCUT2D eigenvalue weighted by Gasteiger charge is 2.16. The third kappa shape index (κ3) is 4.60. The van der Waals surface area contributed by atoms with Gasteiger partial charge < -0.3 is 9.84 Å². The van der Waals surface area contributed by atoms with Gasteiger partial charge >= 0.3 is 0 Å². The van der Waals surface area contributed by atoms with Gasteiger partial charge in [0.15, 0.2) is 0 Å². The van der Waals surface area contributed by atoms with Crippen molar-refractivity contribution < 1.29 is 9.32 Å². The van der Waals surface area contributed by atoms with Gasteiger partial charge in [0.1, 0.15) is 15.8 Å². The maximum Gasteiger partial charge on any atom is 0.254 e. The number of aryl methyl sites for hydroxylation is 2. The molecule has 0 bridgehead atoms. The predicted molar refractivity (Wildman–Crippen MR) is 118 cm³/mol. The van der Waals surface area contributed by atoms with Crippen LogP contribution in [0.2, 0.25) is 0 Å². The van der Waals surface area contributed by atoms with Gasteiger partial charge in [-0.2, -0.15) is 0 Å². The Morgan fingerprint density at radius 3 is 2.77 bits per heavy atom. The molecule has 8 heteroatoms. The molecule has 0 aliphatic carbocycles. The number of thiazole rings is 1. The van der Waals surface area contributed by atoms with Gasteiger partial charge in [-0.15, -0.1) is 23.1 Å². The number of carbonyl (C=O) groups excluding carboxylic acids is 1. The molecule has 3 aromatic heterocycles. The van der Waals surface area contributed by atoms with E-state index in [9.17, 15) is 4.79 Å². The Balaban J connectivity index is 1.41. The molecule has 1 amide bonds. The number of thioether (sulfide) groups is 1. The first kappa shape index (κ1) is 20.3. The summed E-state index contributed by atoms with van der Waals surface area (Å²) >= 11 is 3.07. The van der Waals surface area contributed by atoms with E-state index in [2.05, 4.69) is 20.4 Å². The Morgan fingerprint density at radius 2 is 2.00 bits per heavy atom. The lowest BCUT2D eigenvalue weighted by atomic mass is 10.2. The van der Waals surface area contributed by atoms with Crippen molar-refractivity contribution in [3.8, 4) is 10.6 Å². The number of benzene rings is 1. The van der Waals surface area contributed by atoms with E-state index < -0.39 is 0 Å². The number of carbonyl (C=O) groups is 1. The van der Waals surface area contributed by atoms with E-state index in [4.69, 9.17) is 4.52 Å². The van der Waals surface area contributed by atoms with Gasteiger partial charge in [-0.3, -0.25) is 4.79 Å². The smallest absolute Gasteiger partial charge is 0.254 e. The molecule has 0 saturated heterocycles. The summed E-state index contributed by atoms with van der Waals surface area (Å²) in [7, 11) is 0. The topological polar surface area (TPSA) is 80.9 Å². The van der Waals surface area contributed by atoms with Crippen LogP contribution in [-0.2, 0) is 12.3 Å². The number of hydrogen-bond acceptors (Lipinski definition) is 7. The lowest BCUT2D eigenvalue weighted by Crippen LogP contribution is -2.23. The van der Waals surface area contributed by atoms with E-state index >= 15 is 0 Å². The first-order valence-electron chi connectivity index (χ1n) is 9.39. The Hall–Kier alpha value is -2.97. The fourth-order valence-electron chi connectivity index (χ4n) is 2.89. The van der Waals surface area contributed by atoms with Crippen LogP contribution in [0.25, 0.3) is 10.6 Å². The molecule has 0 aliphatic rings. The van der Waals surface area contributed by atoms with Crippen LogP contribution >= 0.6 is 23.1 Å². The number of amides is 1. The molecule has 1 N–H and O–H groups in total. The summed E-state index contributed by atoms with van der Waals surface area (Å²) in [5.74, 6) is 1.27. The standard InChI is InChI=1S/C22H20N4O2S2/c1-14-19(15(2)28-26-14)13-30-22-18(9-6-10-23-22)20(27)24-11-17-12-29-21(25-17)16-7-4-3-5-8-16/h3-10,12H,11,13H2,1-2H3,(H,24,27). The number of nitrogens with one attached hydrogen (secondary N) is 1. The van der Waals surface area contributed by atoms with Gasteiger partial charge in [0.25, 0.3) is 5.91 Å². The zero-order valence-electron chi connectivity index (χ0n) is 16.6. The molecule has 1 aromatic carbocycles. The van der Waals surface area contributed by atoms with Gasteiger partial charge in [0.05, 0.1) is 23.5 Å². The minimum Gasteiger partial charge on any atom is -0.361 e. The summed E-state index contributed by atoms with van der Waals surface area (Å²) in [6.45, 7) is 4.17. The molecule has 6 nitrogen and oxygen atoms in total. The second kappa shape index (κ2) is 9.23. The summed E-state index contributed by atoms with van der Waals surface area (Å²) < 4.78 is 5.21. The van der Waals surface area contributed by atoms with E-state index in [1.807, 2.05) is 49.6 Å². The second-order valence-electron chi connectivity index (χ2n) is 6.64. The fourth-order valence-corrected chi connectivity index (χ4v) is 4.87. The minimum absolute atomic E-state index is 0.168. The van der Waals surface area contributed by atoms with Crippen LogP contribution in [0.5, 0.6) is 0 Å². The van der Waals surface area contributed by atoms with E-state index in [0.717, 1.165) is 33.3 Å². The van der Waals surface area contributed by atoms with Crippen LogP contribution in [0.15, 0.2) is 63.6 Å². The number of hydrogen-bond donors (Lipinski definition) is 1. The van der Waals surface area contributed by atoms with Crippen LogP contribution in [0.3, 0.4) is 0 Å². The number of rotatable bonds is 7. The van der Waals surface area contributed by atoms with Gasteiger partial charge in [0.2, 0.25) is 0 Å². The lowest BCUT2D eigenvalue weighted by molar-refractivity contribution is 0.0947. The molecule has 0 spiro atoms. The fraction of sp³-hybridized carbons (Fsp3) is 0.182. The van der Waals surface area contributed by atoms with E-state index in [-0.39, 0.29) is 5.91 Å². The average Bonchev–Trinajstić information content (AvgIpc) is 3.38. The molecule has 30 heavy (non-hydrogen) atoms. The van der Waals surface area contributed by atoms with Crippen molar-refractivity contribution in [2.24, 2.45) is 0 Å². The first-order valence-corrected chi connectivity index (χ1v) is 11.3. The summed E-state index contributed by atoms with van der Waals surface area (Å²) in [4.78, 5) is 21.8. The normalized spacial score (nSPS) is 10.9. The average molecular weight is 437 g/mol. The van der Waals surface area contributed by atoms with Crippen LogP contribution < -0.4 is 5.32 Å². The van der Waals surface area contributed by atoms with E-state index in [1.54, 1.807) is 29.7 Å². The van der Waals surface area contributed by atoms with Crippen LogP contribution in [0.4, 0.5) is 0 Å². The number of aromatic nitrogens is 3. The van der Waals surface area contributed by atoms with Crippen molar-refractivity contribution >= 4 is 29.0 Å². The van der Waals surface area contributed by atoms with Crippen LogP contribution in [-0.4, -0.2) is 21.0 Å². The van der Waals surface area contributed by atoms with Crippen molar-refractivity contribution in [1.29, 1.82) is 0 Å². The van der Waals surface area contributed by atoms with Crippen LogP contribution in [0.1, 0.15) is 33.1 Å². The lowest BCUT2D eigenvalue weighted by Gasteiger charge is -2.08. The minimum atomic E-state index is -0.168. The number of pyridine rings is 1. The van der Waals surface area contributed by atoms with E-state index in [0.29, 0.717) is 22.9 Å².